The molecule has 0 spiro atoms. The summed E-state index contributed by atoms with van der Waals surface area (Å²) < 4.78 is 14.3. The Morgan fingerprint density at radius 1 is 0.439 bits per heavy atom. The molecule has 0 aliphatic carbocycles. The van der Waals surface area contributed by atoms with Crippen LogP contribution in [0.2, 0.25) is 6.04 Å². The average Bonchev–Trinajstić information content (AvgIpc) is 3.22. The number of rotatable bonds is 28. The molecule has 3 rings (SSSR count). The quantitative estimate of drug-likeness (QED) is 0.0498. The van der Waals surface area contributed by atoms with Crippen LogP contribution in [0.15, 0.2) is 84.3 Å². The van der Waals surface area contributed by atoms with Crippen molar-refractivity contribution in [3.63, 3.8) is 0 Å². The Kier molecular flexibility index (Phi) is 21.8. The van der Waals surface area contributed by atoms with Gasteiger partial charge in [0, 0.05) is 22.7 Å². The topological polar surface area (TPSA) is 135 Å². The first-order valence-electron chi connectivity index (χ1n) is 22.2. The van der Waals surface area contributed by atoms with E-state index in [1.807, 2.05) is 61.5 Å². The highest BCUT2D eigenvalue weighted by molar-refractivity contribution is 6.74. The summed E-state index contributed by atoms with van der Waals surface area (Å²) in [6.07, 6.45) is 16.2. The highest BCUT2D eigenvalue weighted by atomic mass is 28.4. The fourth-order valence-electron chi connectivity index (χ4n) is 7.52. The van der Waals surface area contributed by atoms with Crippen molar-refractivity contribution >= 4 is 8.56 Å². The third-order valence-corrected chi connectivity index (χ3v) is 14.0. The zero-order valence-electron chi connectivity index (χ0n) is 36.4. The third-order valence-electron chi connectivity index (χ3n) is 11.7. The van der Waals surface area contributed by atoms with E-state index in [1.54, 1.807) is 0 Å². The van der Waals surface area contributed by atoms with Crippen molar-refractivity contribution in [3.8, 4) is 17.2 Å². The van der Waals surface area contributed by atoms with Crippen LogP contribution in [0.5, 0.6) is 17.2 Å². The fraction of sp³-hybridized carbons (Fsp3) is 0.617. The van der Waals surface area contributed by atoms with E-state index in [1.165, 1.54) is 38.5 Å². The Bertz CT molecular complexity index is 1500. The van der Waals surface area contributed by atoms with E-state index >= 15 is 0 Å². The molecular formula is C47H74N6O3Si. The lowest BCUT2D eigenvalue weighted by atomic mass is 9.91. The number of para-hydroxylation sites is 3. The molecule has 57 heavy (non-hydrogen) atoms. The van der Waals surface area contributed by atoms with Crippen LogP contribution in [0.25, 0.3) is 0 Å². The van der Waals surface area contributed by atoms with Crippen molar-refractivity contribution < 1.29 is 15.3 Å². The number of aromatic hydroxyl groups is 3. The molecular weight excluding hydrogens is 725 g/mol. The first-order valence-corrected chi connectivity index (χ1v) is 24.3. The molecule has 3 aromatic carbocycles. The normalized spacial score (nSPS) is 14.8. The molecule has 0 saturated heterocycles. The summed E-state index contributed by atoms with van der Waals surface area (Å²) in [7, 11) is -3.33. The van der Waals surface area contributed by atoms with Crippen LogP contribution < -0.4 is 0 Å². The number of hydrogen-bond donors (Lipinski definition) is 3. The standard InChI is InChI=1S/C47H74N6O3Si/c1-8-15-21-36(11-4)30-39-24-18-27-42(45(39)54)33-48-51-57(14-7,52-49-34-43-28-19-25-40(46(43)55)31-37(12-5)22-16-9-2)53-50-35-44-29-20-26-41(47(44)56)32-38(13-6)23-17-10-3/h18-20,24-29,36-38,54-56H,8-17,21-23,30-35H2,1-7H3. The molecule has 0 aliphatic rings. The highest BCUT2D eigenvalue weighted by Gasteiger charge is 2.35. The van der Waals surface area contributed by atoms with Gasteiger partial charge in [0.1, 0.15) is 17.2 Å². The largest absolute Gasteiger partial charge is 0.507 e. The molecule has 3 atom stereocenters. The third kappa shape index (κ3) is 15.4. The van der Waals surface area contributed by atoms with Crippen LogP contribution in [0, 0.1) is 17.8 Å². The summed E-state index contributed by atoms with van der Waals surface area (Å²) in [6, 6.07) is 18.1. The molecule has 0 amide bonds. The summed E-state index contributed by atoms with van der Waals surface area (Å²) in [5, 5.41) is 47.7. The number of phenols is 3. The molecule has 314 valence electrons. The van der Waals surface area contributed by atoms with Gasteiger partial charge in [-0.25, -0.2) is 0 Å². The second kappa shape index (κ2) is 26.2. The molecule has 0 bridgehead atoms. The van der Waals surface area contributed by atoms with E-state index in [9.17, 15) is 15.3 Å². The van der Waals surface area contributed by atoms with Crippen LogP contribution in [-0.2, 0) is 38.9 Å². The second-order valence-corrected chi connectivity index (χ2v) is 18.8. The van der Waals surface area contributed by atoms with Crippen molar-refractivity contribution in [3.05, 3.63) is 88.0 Å². The summed E-state index contributed by atoms with van der Waals surface area (Å²) in [5.74, 6) is 2.42. The maximum Gasteiger partial charge on any atom is 0.490 e. The summed E-state index contributed by atoms with van der Waals surface area (Å²) >= 11 is 0. The van der Waals surface area contributed by atoms with Gasteiger partial charge in [0.2, 0.25) is 0 Å². The van der Waals surface area contributed by atoms with Crippen LogP contribution in [0.4, 0.5) is 0 Å². The van der Waals surface area contributed by atoms with Crippen LogP contribution in [0.3, 0.4) is 0 Å². The highest BCUT2D eigenvalue weighted by Crippen LogP contribution is 2.32. The minimum atomic E-state index is -3.33. The predicted molar refractivity (Wildman–Crippen MR) is 237 cm³/mol. The molecule has 0 aromatic heterocycles. The SMILES string of the molecule is CCCCC(CC)Cc1cccc(CN=N[Si](CC)(N=NCc2cccc(CC(CC)CCCC)c2O)N=NCc2cccc(CC(CC)CCCC)c2O)c1O. The van der Waals surface area contributed by atoms with Gasteiger partial charge in [0.25, 0.3) is 0 Å². The van der Waals surface area contributed by atoms with Gasteiger partial charge in [0.15, 0.2) is 0 Å². The van der Waals surface area contributed by atoms with Gasteiger partial charge in [-0.05, 0) is 53.7 Å². The maximum atomic E-state index is 11.3. The minimum absolute atomic E-state index is 0.185. The maximum absolute atomic E-state index is 11.3. The van der Waals surface area contributed by atoms with Gasteiger partial charge in [-0.15, -0.1) is 0 Å². The summed E-state index contributed by atoms with van der Waals surface area (Å²) in [4.78, 5) is 0. The second-order valence-electron chi connectivity index (χ2n) is 16.0. The number of hydrogen-bond acceptors (Lipinski definition) is 9. The van der Waals surface area contributed by atoms with E-state index in [0.717, 1.165) is 74.5 Å². The van der Waals surface area contributed by atoms with Gasteiger partial charge < -0.3 is 15.3 Å². The van der Waals surface area contributed by atoms with Crippen LogP contribution in [0.1, 0.15) is 159 Å². The molecule has 10 heteroatoms. The Hall–Kier alpha value is -3.92. The van der Waals surface area contributed by atoms with Gasteiger partial charge in [-0.1, -0.05) is 180 Å². The molecule has 9 nitrogen and oxygen atoms in total. The van der Waals surface area contributed by atoms with Crippen molar-refractivity contribution in [1.82, 2.24) is 0 Å². The van der Waals surface area contributed by atoms with Gasteiger partial charge in [-0.3, -0.25) is 0 Å². The number of nitrogens with zero attached hydrogens (tertiary/aromatic N) is 6. The van der Waals surface area contributed by atoms with Gasteiger partial charge in [-0.2, -0.15) is 29.7 Å². The van der Waals surface area contributed by atoms with Crippen molar-refractivity contribution in [2.24, 2.45) is 47.4 Å². The summed E-state index contributed by atoms with van der Waals surface area (Å²) in [6.45, 7) is 15.8. The first kappa shape index (κ1) is 47.5. The lowest BCUT2D eigenvalue weighted by Gasteiger charge is -2.17. The smallest absolute Gasteiger partial charge is 0.490 e. The van der Waals surface area contributed by atoms with Crippen molar-refractivity contribution in [2.75, 3.05) is 0 Å². The van der Waals surface area contributed by atoms with Gasteiger partial charge >= 0.3 is 8.56 Å². The Morgan fingerprint density at radius 2 is 0.719 bits per heavy atom. The Balaban J connectivity index is 1.91. The summed E-state index contributed by atoms with van der Waals surface area (Å²) in [5.41, 5.74) is 4.97. The molecule has 0 heterocycles. The average molecular weight is 799 g/mol. The number of phenolic OH excluding ortho intramolecular Hbond substituents is 3. The Morgan fingerprint density at radius 3 is 0.965 bits per heavy atom. The lowest BCUT2D eigenvalue weighted by Crippen LogP contribution is -2.25. The molecule has 3 unspecified atom stereocenters. The van der Waals surface area contributed by atoms with E-state index in [-0.39, 0.29) is 36.9 Å². The zero-order valence-corrected chi connectivity index (χ0v) is 37.4. The minimum Gasteiger partial charge on any atom is -0.507 e. The van der Waals surface area contributed by atoms with Crippen molar-refractivity contribution in [1.29, 1.82) is 0 Å². The van der Waals surface area contributed by atoms with Crippen LogP contribution in [-0.4, -0.2) is 23.9 Å². The molecule has 3 aromatic rings. The number of benzene rings is 3. The van der Waals surface area contributed by atoms with Gasteiger partial charge in [0.05, 0.1) is 19.6 Å². The van der Waals surface area contributed by atoms with E-state index in [4.69, 9.17) is 14.3 Å². The molecule has 0 aliphatic heterocycles. The molecule has 0 fully saturated rings. The molecule has 0 saturated carbocycles. The van der Waals surface area contributed by atoms with E-state index in [0.29, 0.717) is 40.5 Å². The van der Waals surface area contributed by atoms with Crippen molar-refractivity contribution in [2.45, 2.75) is 170 Å². The Labute approximate surface area is 345 Å². The fourth-order valence-corrected chi connectivity index (χ4v) is 8.96. The van der Waals surface area contributed by atoms with E-state index in [2.05, 4.69) is 56.9 Å². The monoisotopic (exact) mass is 799 g/mol. The zero-order chi connectivity index (χ0) is 41.5. The molecule has 3 N–H and O–H groups in total. The lowest BCUT2D eigenvalue weighted by molar-refractivity contribution is 0.423. The number of unbranched alkanes of at least 4 members (excludes halogenated alkanes) is 3. The van der Waals surface area contributed by atoms with Crippen LogP contribution >= 0.6 is 0 Å². The predicted octanol–water partition coefficient (Wildman–Crippen LogP) is 14.3. The molecule has 0 radical (unpaired) electrons. The first-order chi connectivity index (χ1) is 27.7. The van der Waals surface area contributed by atoms with E-state index < -0.39 is 8.56 Å².